The molecule has 0 saturated carbocycles. The number of nitrogens with one attached hydrogen (secondary N) is 1. The molecule has 0 aliphatic carbocycles. The fraction of sp³-hybridized carbons (Fsp3) is 0.462. The number of nitrogens with two attached hydrogens (primary N) is 1. The van der Waals surface area contributed by atoms with Crippen molar-refractivity contribution in [2.24, 2.45) is 5.73 Å². The van der Waals surface area contributed by atoms with Crippen LogP contribution in [-0.2, 0) is 20.8 Å². The summed E-state index contributed by atoms with van der Waals surface area (Å²) in [4.78, 5) is 3.92. The fourth-order valence-corrected chi connectivity index (χ4v) is 2.92. The van der Waals surface area contributed by atoms with Crippen molar-refractivity contribution >= 4 is 20.8 Å². The average Bonchev–Trinajstić information content (AvgIpc) is 2.45. The summed E-state index contributed by atoms with van der Waals surface area (Å²) >= 11 is 0. The maximum Gasteiger partial charge on any atom is 0.242 e. The molecule has 0 aliphatic heterocycles. The molecule has 1 rings (SSSR count). The molecule has 0 saturated heterocycles. The van der Waals surface area contributed by atoms with Gasteiger partial charge in [-0.05, 0) is 12.5 Å². The minimum atomic E-state index is -3.64. The van der Waals surface area contributed by atoms with Gasteiger partial charge in [0.1, 0.15) is 4.90 Å². The molecule has 6 nitrogen and oxygen atoms in total. The lowest BCUT2D eigenvalue weighted by molar-refractivity contribution is 0.577. The lowest BCUT2D eigenvalue weighted by Crippen LogP contribution is -2.27. The van der Waals surface area contributed by atoms with Crippen LogP contribution in [0.2, 0.25) is 0 Å². The lowest BCUT2D eigenvalue weighted by atomic mass is 10.3. The quantitative estimate of drug-likeness (QED) is 0.705. The molecule has 116 valence electrons. The molecule has 21 heavy (non-hydrogen) atoms. The zero-order valence-corrected chi connectivity index (χ0v) is 13.6. The van der Waals surface area contributed by atoms with E-state index in [1.54, 1.807) is 6.26 Å². The highest BCUT2D eigenvalue weighted by atomic mass is 32.2. The van der Waals surface area contributed by atoms with E-state index in [1.165, 1.54) is 18.5 Å². The molecular formula is C13H19N3O3S2. The van der Waals surface area contributed by atoms with Crippen LogP contribution in [0.5, 0.6) is 0 Å². The first kappa shape index (κ1) is 17.8. The lowest BCUT2D eigenvalue weighted by Gasteiger charge is -2.10. The van der Waals surface area contributed by atoms with E-state index >= 15 is 0 Å². The van der Waals surface area contributed by atoms with E-state index in [-0.39, 0.29) is 23.2 Å². The van der Waals surface area contributed by atoms with Gasteiger partial charge >= 0.3 is 0 Å². The van der Waals surface area contributed by atoms with E-state index in [0.717, 1.165) is 0 Å². The van der Waals surface area contributed by atoms with Crippen molar-refractivity contribution in [1.82, 2.24) is 9.71 Å². The Morgan fingerprint density at radius 2 is 2.19 bits per heavy atom. The second-order valence-corrected chi connectivity index (χ2v) is 7.98. The van der Waals surface area contributed by atoms with Crippen molar-refractivity contribution in [2.45, 2.75) is 23.5 Å². The van der Waals surface area contributed by atoms with Gasteiger partial charge in [-0.2, -0.15) is 0 Å². The Bertz CT molecular complexity index is 663. The molecule has 0 radical (unpaired) electrons. The van der Waals surface area contributed by atoms with Crippen molar-refractivity contribution in [3.05, 3.63) is 24.0 Å². The number of aromatic nitrogens is 1. The van der Waals surface area contributed by atoms with Crippen molar-refractivity contribution in [2.75, 3.05) is 19.3 Å². The van der Waals surface area contributed by atoms with E-state index in [2.05, 4.69) is 21.5 Å². The van der Waals surface area contributed by atoms with Crippen LogP contribution in [0, 0.1) is 11.8 Å². The van der Waals surface area contributed by atoms with Crippen LogP contribution < -0.4 is 10.5 Å². The fourth-order valence-electron chi connectivity index (χ4n) is 1.43. The molecule has 8 heteroatoms. The van der Waals surface area contributed by atoms with E-state index < -0.39 is 20.8 Å². The first-order chi connectivity index (χ1) is 9.86. The number of nitrogens with zero attached hydrogens (tertiary/aromatic N) is 1. The molecular weight excluding hydrogens is 310 g/mol. The normalized spacial score (nSPS) is 14.0. The van der Waals surface area contributed by atoms with E-state index in [0.29, 0.717) is 12.0 Å². The van der Waals surface area contributed by atoms with Crippen molar-refractivity contribution < 1.29 is 12.6 Å². The average molecular weight is 329 g/mol. The first-order valence-corrected chi connectivity index (χ1v) is 9.43. The number of pyridine rings is 1. The van der Waals surface area contributed by atoms with E-state index in [9.17, 15) is 12.6 Å². The second kappa shape index (κ2) is 8.24. The minimum Gasteiger partial charge on any atom is -0.320 e. The SMILES string of the molecule is CC(CCNS(=O)(=O)c1cncc(C#CCN)c1)S(C)=O. The Balaban J connectivity index is 2.76. The first-order valence-electron chi connectivity index (χ1n) is 6.32. The van der Waals surface area contributed by atoms with Crippen molar-refractivity contribution in [3.63, 3.8) is 0 Å². The molecule has 0 amide bonds. The van der Waals surface area contributed by atoms with Gasteiger partial charge in [-0.3, -0.25) is 9.19 Å². The predicted molar refractivity (Wildman–Crippen MR) is 83.5 cm³/mol. The van der Waals surface area contributed by atoms with Gasteiger partial charge in [0.15, 0.2) is 0 Å². The van der Waals surface area contributed by atoms with Crippen LogP contribution >= 0.6 is 0 Å². The largest absolute Gasteiger partial charge is 0.320 e. The van der Waals surface area contributed by atoms with Gasteiger partial charge < -0.3 is 5.73 Å². The van der Waals surface area contributed by atoms with Gasteiger partial charge in [0, 0.05) is 46.8 Å². The van der Waals surface area contributed by atoms with Gasteiger partial charge in [-0.25, -0.2) is 13.1 Å². The third kappa shape index (κ3) is 5.93. The highest BCUT2D eigenvalue weighted by molar-refractivity contribution is 7.89. The standard InChI is InChI=1S/C13H19N3O3S2/c1-11(20(2)17)5-7-16-21(18,19)13-8-12(4-3-6-14)9-15-10-13/h8-11,16H,5-7,14H2,1-2H3. The molecule has 0 aromatic carbocycles. The molecule has 2 atom stereocenters. The highest BCUT2D eigenvalue weighted by Gasteiger charge is 2.15. The Morgan fingerprint density at radius 1 is 1.48 bits per heavy atom. The molecule has 0 aliphatic rings. The smallest absolute Gasteiger partial charge is 0.242 e. The Kier molecular flexibility index (Phi) is 6.98. The van der Waals surface area contributed by atoms with Gasteiger partial charge in [0.25, 0.3) is 0 Å². The monoisotopic (exact) mass is 329 g/mol. The van der Waals surface area contributed by atoms with Crippen LogP contribution in [0.1, 0.15) is 18.9 Å². The summed E-state index contributed by atoms with van der Waals surface area (Å²) in [5, 5.41) is -0.0624. The van der Waals surface area contributed by atoms with Crippen LogP contribution in [0.25, 0.3) is 0 Å². The summed E-state index contributed by atoms with van der Waals surface area (Å²) < 4.78 is 37.9. The summed E-state index contributed by atoms with van der Waals surface area (Å²) in [5.74, 6) is 5.38. The Labute approximate surface area is 128 Å². The molecule has 3 N–H and O–H groups in total. The van der Waals surface area contributed by atoms with Crippen molar-refractivity contribution in [3.8, 4) is 11.8 Å². The summed E-state index contributed by atoms with van der Waals surface area (Å²) in [7, 11) is -4.61. The molecule has 2 unspecified atom stereocenters. The predicted octanol–water partition coefficient (Wildman–Crippen LogP) is -0.173. The van der Waals surface area contributed by atoms with Crippen LogP contribution in [0.15, 0.2) is 23.4 Å². The molecule has 1 aromatic rings. The molecule has 1 aromatic heterocycles. The molecule has 0 fully saturated rings. The van der Waals surface area contributed by atoms with E-state index in [1.807, 2.05) is 6.92 Å². The zero-order chi connectivity index (χ0) is 15.9. The molecule has 1 heterocycles. The summed E-state index contributed by atoms with van der Waals surface area (Å²) in [6.07, 6.45) is 4.84. The van der Waals surface area contributed by atoms with Gasteiger partial charge in [-0.1, -0.05) is 18.8 Å². The number of sulfonamides is 1. The molecule has 0 spiro atoms. The van der Waals surface area contributed by atoms with E-state index in [4.69, 9.17) is 5.73 Å². The Morgan fingerprint density at radius 3 is 2.81 bits per heavy atom. The third-order valence-corrected chi connectivity index (χ3v) is 5.56. The topological polar surface area (TPSA) is 102 Å². The van der Waals surface area contributed by atoms with Crippen LogP contribution in [-0.4, -0.2) is 42.2 Å². The summed E-state index contributed by atoms with van der Waals surface area (Å²) in [5.41, 5.74) is 5.76. The Hall–Kier alpha value is -1.27. The molecule has 0 bridgehead atoms. The van der Waals surface area contributed by atoms with Crippen LogP contribution in [0.4, 0.5) is 0 Å². The number of hydrogen-bond acceptors (Lipinski definition) is 5. The maximum atomic E-state index is 12.1. The highest BCUT2D eigenvalue weighted by Crippen LogP contribution is 2.09. The van der Waals surface area contributed by atoms with Crippen LogP contribution in [0.3, 0.4) is 0 Å². The minimum absolute atomic E-state index is 0.0524. The summed E-state index contributed by atoms with van der Waals surface area (Å²) in [6.45, 7) is 2.23. The van der Waals surface area contributed by atoms with Gasteiger partial charge in [-0.15, -0.1) is 0 Å². The summed E-state index contributed by atoms with van der Waals surface area (Å²) in [6, 6.07) is 1.44. The van der Waals surface area contributed by atoms with Gasteiger partial charge in [0.2, 0.25) is 10.0 Å². The second-order valence-electron chi connectivity index (χ2n) is 4.41. The number of hydrogen-bond donors (Lipinski definition) is 2. The number of rotatable bonds is 6. The zero-order valence-electron chi connectivity index (χ0n) is 12.0. The maximum absolute atomic E-state index is 12.1. The third-order valence-electron chi connectivity index (χ3n) is 2.77. The van der Waals surface area contributed by atoms with Gasteiger partial charge in [0.05, 0.1) is 6.54 Å². The van der Waals surface area contributed by atoms with Crippen molar-refractivity contribution in [1.29, 1.82) is 0 Å².